The number of thiophene rings is 1. The number of fused-ring (bicyclic) bond motifs is 1. The molecule has 26 heavy (non-hydrogen) atoms. The number of hydrogen-bond acceptors (Lipinski definition) is 5. The van der Waals surface area contributed by atoms with Gasteiger partial charge in [-0.2, -0.15) is 0 Å². The van der Waals surface area contributed by atoms with E-state index in [1.165, 1.54) is 28.2 Å². The molecular formula is C20H16N2O2S2. The lowest BCUT2D eigenvalue weighted by molar-refractivity contribution is 0.103. The van der Waals surface area contributed by atoms with Crippen LogP contribution in [0.25, 0.3) is 21.3 Å². The largest absolute Gasteiger partial charge is 0.497 e. The first-order valence-electron chi connectivity index (χ1n) is 8.04. The van der Waals surface area contributed by atoms with Crippen molar-refractivity contribution in [1.29, 1.82) is 0 Å². The van der Waals surface area contributed by atoms with E-state index in [-0.39, 0.29) is 5.91 Å². The maximum Gasteiger partial charge on any atom is 0.268 e. The molecule has 1 amide bonds. The smallest absolute Gasteiger partial charge is 0.268 e. The van der Waals surface area contributed by atoms with Crippen molar-refractivity contribution in [2.24, 2.45) is 0 Å². The van der Waals surface area contributed by atoms with Gasteiger partial charge >= 0.3 is 0 Å². The van der Waals surface area contributed by atoms with E-state index in [0.29, 0.717) is 10.0 Å². The summed E-state index contributed by atoms with van der Waals surface area (Å²) in [7, 11) is 1.63. The molecule has 0 aliphatic rings. The van der Waals surface area contributed by atoms with Crippen LogP contribution in [0.3, 0.4) is 0 Å². The van der Waals surface area contributed by atoms with E-state index in [2.05, 4.69) is 22.4 Å². The molecule has 0 radical (unpaired) electrons. The molecule has 4 nitrogen and oxygen atoms in total. The first kappa shape index (κ1) is 16.8. The van der Waals surface area contributed by atoms with Gasteiger partial charge in [0.1, 0.15) is 10.6 Å². The fraction of sp³-hybridized carbons (Fsp3) is 0.100. The Labute approximate surface area is 159 Å². The Morgan fingerprint density at radius 1 is 1.12 bits per heavy atom. The number of benzene rings is 2. The molecule has 4 aromatic rings. The molecule has 0 aliphatic carbocycles. The summed E-state index contributed by atoms with van der Waals surface area (Å²) >= 11 is 2.87. The molecule has 2 heterocycles. The SMILES string of the molecule is COc1ccc2nc(NC(=O)c3sccc3-c3ccc(C)cc3)sc2c1. The maximum absolute atomic E-state index is 12.8. The van der Waals surface area contributed by atoms with Crippen molar-refractivity contribution in [2.75, 3.05) is 12.4 Å². The molecule has 1 N–H and O–H groups in total. The number of nitrogens with zero attached hydrogens (tertiary/aromatic N) is 1. The zero-order valence-electron chi connectivity index (χ0n) is 14.3. The van der Waals surface area contributed by atoms with Crippen LogP contribution in [0.1, 0.15) is 15.2 Å². The van der Waals surface area contributed by atoms with Crippen molar-refractivity contribution in [3.05, 3.63) is 64.4 Å². The van der Waals surface area contributed by atoms with E-state index in [4.69, 9.17) is 4.74 Å². The summed E-state index contributed by atoms with van der Waals surface area (Å²) in [5.74, 6) is 0.639. The Kier molecular flexibility index (Phi) is 4.44. The number of nitrogens with one attached hydrogen (secondary N) is 1. The fourth-order valence-electron chi connectivity index (χ4n) is 2.68. The van der Waals surface area contributed by atoms with E-state index >= 15 is 0 Å². The van der Waals surface area contributed by atoms with Crippen LogP contribution in [-0.4, -0.2) is 18.0 Å². The fourth-order valence-corrected chi connectivity index (χ4v) is 4.39. The monoisotopic (exact) mass is 380 g/mol. The van der Waals surface area contributed by atoms with Gasteiger partial charge in [-0.3, -0.25) is 10.1 Å². The molecule has 0 saturated heterocycles. The lowest BCUT2D eigenvalue weighted by atomic mass is 10.0. The van der Waals surface area contributed by atoms with Gasteiger partial charge in [-0.05, 0) is 42.1 Å². The van der Waals surface area contributed by atoms with Gasteiger partial charge in [0.05, 0.1) is 17.3 Å². The predicted octanol–water partition coefficient (Wildman–Crippen LogP) is 5.59. The zero-order chi connectivity index (χ0) is 18.1. The van der Waals surface area contributed by atoms with Crippen LogP contribution in [0.2, 0.25) is 0 Å². The molecule has 0 fully saturated rings. The van der Waals surface area contributed by atoms with E-state index < -0.39 is 0 Å². The van der Waals surface area contributed by atoms with Crippen molar-refractivity contribution < 1.29 is 9.53 Å². The lowest BCUT2D eigenvalue weighted by Gasteiger charge is -2.04. The van der Waals surface area contributed by atoms with Gasteiger partial charge in [0.15, 0.2) is 5.13 Å². The molecule has 0 spiro atoms. The summed E-state index contributed by atoms with van der Waals surface area (Å²) in [6.07, 6.45) is 0. The standard InChI is InChI=1S/C20H16N2O2S2/c1-12-3-5-13(6-4-12)15-9-10-25-18(15)19(23)22-20-21-16-8-7-14(24-2)11-17(16)26-20/h3-11H,1-2H3,(H,21,22,23). The van der Waals surface area contributed by atoms with Gasteiger partial charge in [-0.15, -0.1) is 11.3 Å². The first-order chi connectivity index (χ1) is 12.6. The second-order valence-corrected chi connectivity index (χ2v) is 7.78. The summed E-state index contributed by atoms with van der Waals surface area (Å²) in [6.45, 7) is 2.05. The highest BCUT2D eigenvalue weighted by atomic mass is 32.1. The average molecular weight is 380 g/mol. The molecule has 130 valence electrons. The zero-order valence-corrected chi connectivity index (χ0v) is 15.9. The topological polar surface area (TPSA) is 51.2 Å². The van der Waals surface area contributed by atoms with Crippen LogP contribution in [0.4, 0.5) is 5.13 Å². The minimum absolute atomic E-state index is 0.137. The van der Waals surface area contributed by atoms with Gasteiger partial charge in [0.2, 0.25) is 0 Å². The second-order valence-electron chi connectivity index (χ2n) is 5.84. The van der Waals surface area contributed by atoms with Crippen molar-refractivity contribution in [3.8, 4) is 16.9 Å². The lowest BCUT2D eigenvalue weighted by Crippen LogP contribution is -2.10. The Balaban J connectivity index is 1.61. The minimum atomic E-state index is -0.137. The van der Waals surface area contributed by atoms with Crippen molar-refractivity contribution in [2.45, 2.75) is 6.92 Å². The molecular weight excluding hydrogens is 364 g/mol. The van der Waals surface area contributed by atoms with E-state index in [0.717, 1.165) is 27.1 Å². The van der Waals surface area contributed by atoms with Crippen LogP contribution in [-0.2, 0) is 0 Å². The number of ether oxygens (including phenoxy) is 1. The Morgan fingerprint density at radius 3 is 2.69 bits per heavy atom. The summed E-state index contributed by atoms with van der Waals surface area (Å²) in [4.78, 5) is 18.0. The summed E-state index contributed by atoms with van der Waals surface area (Å²) in [5.41, 5.74) is 4.02. The molecule has 2 aromatic carbocycles. The number of methoxy groups -OCH3 is 1. The van der Waals surface area contributed by atoms with Crippen LogP contribution in [0.5, 0.6) is 5.75 Å². The number of anilines is 1. The number of rotatable bonds is 4. The number of carbonyl (C=O) groups is 1. The third-order valence-electron chi connectivity index (χ3n) is 4.05. The number of hydrogen-bond donors (Lipinski definition) is 1. The van der Waals surface area contributed by atoms with Crippen molar-refractivity contribution >= 4 is 43.9 Å². The number of thiazole rings is 1. The highest BCUT2D eigenvalue weighted by Gasteiger charge is 2.16. The minimum Gasteiger partial charge on any atom is -0.497 e. The van der Waals surface area contributed by atoms with E-state index in [1.54, 1.807) is 7.11 Å². The molecule has 0 unspecified atom stereocenters. The Bertz CT molecular complexity index is 1080. The summed E-state index contributed by atoms with van der Waals surface area (Å²) in [5, 5.41) is 5.45. The van der Waals surface area contributed by atoms with Gasteiger partial charge in [-0.25, -0.2) is 4.98 Å². The van der Waals surface area contributed by atoms with Gasteiger partial charge < -0.3 is 4.74 Å². The Hall–Kier alpha value is -2.70. The quantitative estimate of drug-likeness (QED) is 0.502. The van der Waals surface area contributed by atoms with Gasteiger partial charge in [0.25, 0.3) is 5.91 Å². The van der Waals surface area contributed by atoms with Crippen molar-refractivity contribution in [3.63, 3.8) is 0 Å². The highest BCUT2D eigenvalue weighted by molar-refractivity contribution is 7.22. The molecule has 0 saturated carbocycles. The third kappa shape index (κ3) is 3.21. The number of aromatic nitrogens is 1. The number of carbonyl (C=O) groups excluding carboxylic acids is 1. The van der Waals surface area contributed by atoms with Crippen LogP contribution >= 0.6 is 22.7 Å². The van der Waals surface area contributed by atoms with Crippen LogP contribution in [0.15, 0.2) is 53.9 Å². The first-order valence-corrected chi connectivity index (χ1v) is 9.74. The van der Waals surface area contributed by atoms with E-state index in [1.807, 2.05) is 48.7 Å². The molecule has 6 heteroatoms. The van der Waals surface area contributed by atoms with Crippen LogP contribution < -0.4 is 10.1 Å². The maximum atomic E-state index is 12.8. The van der Waals surface area contributed by atoms with Gasteiger partial charge in [0, 0.05) is 5.56 Å². The third-order valence-corrected chi connectivity index (χ3v) is 5.90. The summed E-state index contributed by atoms with van der Waals surface area (Å²) in [6, 6.07) is 15.8. The molecule has 0 atom stereocenters. The van der Waals surface area contributed by atoms with E-state index in [9.17, 15) is 4.79 Å². The normalized spacial score (nSPS) is 10.8. The Morgan fingerprint density at radius 2 is 1.92 bits per heavy atom. The van der Waals surface area contributed by atoms with Crippen molar-refractivity contribution in [1.82, 2.24) is 4.98 Å². The second kappa shape index (κ2) is 6.90. The van der Waals surface area contributed by atoms with Crippen LogP contribution in [0, 0.1) is 6.92 Å². The molecule has 0 bridgehead atoms. The highest BCUT2D eigenvalue weighted by Crippen LogP contribution is 2.32. The predicted molar refractivity (Wildman–Crippen MR) is 109 cm³/mol. The average Bonchev–Trinajstić information content (AvgIpc) is 3.28. The molecule has 0 aliphatic heterocycles. The summed E-state index contributed by atoms with van der Waals surface area (Å²) < 4.78 is 6.21. The number of amides is 1. The molecule has 4 rings (SSSR count). The van der Waals surface area contributed by atoms with Gasteiger partial charge in [-0.1, -0.05) is 41.2 Å². The number of aryl methyl sites for hydroxylation is 1. The molecule has 2 aromatic heterocycles.